The summed E-state index contributed by atoms with van der Waals surface area (Å²) >= 11 is 4.60. The lowest BCUT2D eigenvalue weighted by Gasteiger charge is -2.06. The van der Waals surface area contributed by atoms with Crippen LogP contribution in [0.2, 0.25) is 0 Å². The quantitative estimate of drug-likeness (QED) is 0.910. The molecule has 0 bridgehead atoms. The molecule has 0 unspecified atom stereocenters. The van der Waals surface area contributed by atoms with E-state index in [-0.39, 0.29) is 5.82 Å². The van der Waals surface area contributed by atoms with Crippen molar-refractivity contribution in [2.75, 3.05) is 11.1 Å². The van der Waals surface area contributed by atoms with Gasteiger partial charge in [-0.25, -0.2) is 4.39 Å². The Morgan fingerprint density at radius 3 is 2.94 bits per heavy atom. The summed E-state index contributed by atoms with van der Waals surface area (Å²) < 4.78 is 18.4. The third kappa shape index (κ3) is 2.76. The number of nitrogens with zero attached hydrogens (tertiary/aromatic N) is 1. The molecule has 1 aromatic heterocycles. The van der Waals surface area contributed by atoms with Crippen LogP contribution in [0.4, 0.5) is 15.2 Å². The Labute approximate surface area is 111 Å². The number of aromatic nitrogens is 1. The number of halogens is 2. The zero-order valence-electron chi connectivity index (χ0n) is 9.13. The summed E-state index contributed by atoms with van der Waals surface area (Å²) in [7, 11) is 0. The van der Waals surface area contributed by atoms with Gasteiger partial charge in [0, 0.05) is 22.1 Å². The Morgan fingerprint density at radius 2 is 2.29 bits per heavy atom. The van der Waals surface area contributed by atoms with Gasteiger partial charge < -0.3 is 11.1 Å². The van der Waals surface area contributed by atoms with Crippen LogP contribution in [0.3, 0.4) is 0 Å². The summed E-state index contributed by atoms with van der Waals surface area (Å²) in [6.07, 6.45) is 0. The zero-order chi connectivity index (χ0) is 12.4. The fraction of sp³-hybridized carbons (Fsp3) is 0.182. The SMILES string of the molecule is Cc1c(N)nsc1NCc1cc(Br)ccc1F. The molecule has 0 fully saturated rings. The number of anilines is 2. The minimum atomic E-state index is -0.226. The minimum absolute atomic E-state index is 0.226. The van der Waals surface area contributed by atoms with E-state index in [1.807, 2.05) is 6.92 Å². The molecule has 17 heavy (non-hydrogen) atoms. The Morgan fingerprint density at radius 1 is 1.53 bits per heavy atom. The van der Waals surface area contributed by atoms with Crippen LogP contribution in [0.15, 0.2) is 22.7 Å². The summed E-state index contributed by atoms with van der Waals surface area (Å²) in [6.45, 7) is 2.30. The van der Waals surface area contributed by atoms with Gasteiger partial charge in [0.15, 0.2) is 0 Å². The molecule has 0 aliphatic carbocycles. The molecule has 0 spiro atoms. The molecule has 0 radical (unpaired) electrons. The number of rotatable bonds is 3. The molecule has 3 nitrogen and oxygen atoms in total. The molecule has 0 saturated carbocycles. The van der Waals surface area contributed by atoms with Gasteiger partial charge in [-0.2, -0.15) is 4.37 Å². The van der Waals surface area contributed by atoms with Gasteiger partial charge in [0.05, 0.1) is 0 Å². The van der Waals surface area contributed by atoms with Gasteiger partial charge in [-0.05, 0) is 36.7 Å². The van der Waals surface area contributed by atoms with E-state index < -0.39 is 0 Å². The Kier molecular flexibility index (Phi) is 3.63. The molecule has 1 aromatic carbocycles. The number of nitrogen functional groups attached to an aromatic ring is 1. The normalized spacial score (nSPS) is 10.5. The van der Waals surface area contributed by atoms with Gasteiger partial charge >= 0.3 is 0 Å². The number of nitrogens with two attached hydrogens (primary N) is 1. The molecule has 90 valence electrons. The van der Waals surface area contributed by atoms with Crippen LogP contribution in [0, 0.1) is 12.7 Å². The van der Waals surface area contributed by atoms with E-state index in [9.17, 15) is 4.39 Å². The number of nitrogens with one attached hydrogen (secondary N) is 1. The molecule has 3 N–H and O–H groups in total. The first-order chi connectivity index (χ1) is 8.08. The maximum absolute atomic E-state index is 13.5. The first kappa shape index (κ1) is 12.3. The molecule has 0 amide bonds. The summed E-state index contributed by atoms with van der Waals surface area (Å²) in [6, 6.07) is 4.87. The number of benzene rings is 1. The van der Waals surface area contributed by atoms with Crippen molar-refractivity contribution in [3.63, 3.8) is 0 Å². The molecular weight excluding hydrogens is 305 g/mol. The van der Waals surface area contributed by atoms with Crippen molar-refractivity contribution in [1.82, 2.24) is 4.37 Å². The van der Waals surface area contributed by atoms with Gasteiger partial charge in [0.25, 0.3) is 0 Å². The van der Waals surface area contributed by atoms with E-state index >= 15 is 0 Å². The van der Waals surface area contributed by atoms with Crippen LogP contribution in [0.1, 0.15) is 11.1 Å². The van der Waals surface area contributed by atoms with E-state index in [1.165, 1.54) is 17.6 Å². The summed E-state index contributed by atoms with van der Waals surface area (Å²) in [5.41, 5.74) is 7.15. The van der Waals surface area contributed by atoms with Crippen LogP contribution < -0.4 is 11.1 Å². The Bertz CT molecular complexity index is 542. The molecular formula is C11H11BrFN3S. The largest absolute Gasteiger partial charge is 0.383 e. The van der Waals surface area contributed by atoms with Gasteiger partial charge in [-0.1, -0.05) is 15.9 Å². The smallest absolute Gasteiger partial charge is 0.142 e. The minimum Gasteiger partial charge on any atom is -0.383 e. The topological polar surface area (TPSA) is 50.9 Å². The third-order valence-electron chi connectivity index (χ3n) is 2.41. The first-order valence-corrected chi connectivity index (χ1v) is 6.54. The van der Waals surface area contributed by atoms with E-state index in [0.29, 0.717) is 17.9 Å². The molecule has 2 rings (SSSR count). The van der Waals surface area contributed by atoms with Gasteiger partial charge in [0.2, 0.25) is 0 Å². The average molecular weight is 316 g/mol. The molecule has 0 aliphatic rings. The lowest BCUT2D eigenvalue weighted by atomic mass is 10.2. The molecule has 2 aromatic rings. The van der Waals surface area contributed by atoms with Crippen molar-refractivity contribution in [2.45, 2.75) is 13.5 Å². The fourth-order valence-electron chi connectivity index (χ4n) is 1.37. The number of hydrogen-bond donors (Lipinski definition) is 2. The van der Waals surface area contributed by atoms with E-state index in [4.69, 9.17) is 5.73 Å². The van der Waals surface area contributed by atoms with Crippen LogP contribution in [-0.2, 0) is 6.54 Å². The predicted molar refractivity (Wildman–Crippen MR) is 72.7 cm³/mol. The molecule has 1 heterocycles. The highest BCUT2D eigenvalue weighted by molar-refractivity contribution is 9.10. The highest BCUT2D eigenvalue weighted by Crippen LogP contribution is 2.26. The van der Waals surface area contributed by atoms with Crippen LogP contribution in [0.25, 0.3) is 0 Å². The summed E-state index contributed by atoms with van der Waals surface area (Å²) in [5, 5.41) is 4.01. The predicted octanol–water partition coefficient (Wildman–Crippen LogP) is 3.55. The second-order valence-corrected chi connectivity index (χ2v) is 5.30. The maximum atomic E-state index is 13.5. The fourth-order valence-corrected chi connectivity index (χ4v) is 2.48. The van der Waals surface area contributed by atoms with Crippen LogP contribution in [0.5, 0.6) is 0 Å². The molecule has 0 atom stereocenters. The van der Waals surface area contributed by atoms with Crippen molar-refractivity contribution in [3.05, 3.63) is 39.6 Å². The molecule has 0 saturated heterocycles. The van der Waals surface area contributed by atoms with Crippen molar-refractivity contribution in [2.24, 2.45) is 0 Å². The monoisotopic (exact) mass is 315 g/mol. The van der Waals surface area contributed by atoms with Gasteiger partial charge in [-0.15, -0.1) is 0 Å². The van der Waals surface area contributed by atoms with E-state index in [0.717, 1.165) is 15.0 Å². The first-order valence-electron chi connectivity index (χ1n) is 4.97. The average Bonchev–Trinajstić information content (AvgIpc) is 2.62. The highest BCUT2D eigenvalue weighted by Gasteiger charge is 2.08. The maximum Gasteiger partial charge on any atom is 0.142 e. The van der Waals surface area contributed by atoms with E-state index in [1.54, 1.807) is 12.1 Å². The van der Waals surface area contributed by atoms with Gasteiger partial charge in [0.1, 0.15) is 16.6 Å². The van der Waals surface area contributed by atoms with Crippen molar-refractivity contribution in [1.29, 1.82) is 0 Å². The number of hydrogen-bond acceptors (Lipinski definition) is 4. The van der Waals surface area contributed by atoms with Crippen LogP contribution in [-0.4, -0.2) is 4.37 Å². The molecule has 6 heteroatoms. The summed E-state index contributed by atoms with van der Waals surface area (Å²) in [5.74, 6) is 0.294. The summed E-state index contributed by atoms with van der Waals surface area (Å²) in [4.78, 5) is 0. The Balaban J connectivity index is 2.12. The lowest BCUT2D eigenvalue weighted by Crippen LogP contribution is -2.01. The van der Waals surface area contributed by atoms with Crippen molar-refractivity contribution < 1.29 is 4.39 Å². The highest BCUT2D eigenvalue weighted by atomic mass is 79.9. The molecule has 0 aliphatic heterocycles. The van der Waals surface area contributed by atoms with E-state index in [2.05, 4.69) is 25.6 Å². The van der Waals surface area contributed by atoms with Crippen molar-refractivity contribution >= 4 is 38.3 Å². The van der Waals surface area contributed by atoms with Gasteiger partial charge in [-0.3, -0.25) is 0 Å². The van der Waals surface area contributed by atoms with Crippen LogP contribution >= 0.6 is 27.5 Å². The Hall–Kier alpha value is -1.14. The standard InChI is InChI=1S/C11H11BrFN3S/c1-6-10(14)16-17-11(6)15-5-7-4-8(12)2-3-9(7)13/h2-4,15H,5H2,1H3,(H2,14,16). The zero-order valence-corrected chi connectivity index (χ0v) is 11.5. The second kappa shape index (κ2) is 5.01. The lowest BCUT2D eigenvalue weighted by molar-refractivity contribution is 0.612. The van der Waals surface area contributed by atoms with Crippen molar-refractivity contribution in [3.8, 4) is 0 Å². The second-order valence-electron chi connectivity index (χ2n) is 3.61. The third-order valence-corrected chi connectivity index (χ3v) is 3.82.